The SMILES string of the molecule is O=C1CCCC(=O)C1C(c1ccc(C(F)(F)F)cc1)C1C(=O)CCCC1=O. The summed E-state index contributed by atoms with van der Waals surface area (Å²) in [5.74, 6) is -4.69. The second-order valence-electron chi connectivity index (χ2n) is 7.17. The number of halogens is 3. The summed E-state index contributed by atoms with van der Waals surface area (Å²) in [6, 6.07) is 4.07. The normalized spacial score (nSPS) is 20.6. The van der Waals surface area contributed by atoms with E-state index in [1.807, 2.05) is 0 Å². The first kappa shape index (κ1) is 19.5. The van der Waals surface area contributed by atoms with Crippen LogP contribution in [-0.4, -0.2) is 23.1 Å². The Labute approximate surface area is 154 Å². The average Bonchev–Trinajstić information content (AvgIpc) is 2.59. The predicted octanol–water partition coefficient (Wildman–Crippen LogP) is 3.67. The third-order valence-electron chi connectivity index (χ3n) is 5.42. The summed E-state index contributed by atoms with van der Waals surface area (Å²) in [6.45, 7) is 0. The molecule has 0 heterocycles. The molecule has 0 amide bonds. The molecule has 0 aromatic heterocycles. The number of hydrogen-bond donors (Lipinski definition) is 0. The number of alkyl halides is 3. The van der Waals surface area contributed by atoms with Crippen LogP contribution in [0.2, 0.25) is 0 Å². The molecule has 4 nitrogen and oxygen atoms in total. The molecule has 27 heavy (non-hydrogen) atoms. The van der Waals surface area contributed by atoms with Crippen LogP contribution < -0.4 is 0 Å². The monoisotopic (exact) mass is 380 g/mol. The maximum absolute atomic E-state index is 12.9. The Balaban J connectivity index is 2.07. The molecule has 2 fully saturated rings. The molecule has 1 aromatic carbocycles. The van der Waals surface area contributed by atoms with Gasteiger partial charge in [0.25, 0.3) is 0 Å². The van der Waals surface area contributed by atoms with Crippen LogP contribution in [0.5, 0.6) is 0 Å². The van der Waals surface area contributed by atoms with Gasteiger partial charge in [0.05, 0.1) is 17.4 Å². The van der Waals surface area contributed by atoms with Crippen molar-refractivity contribution in [1.29, 1.82) is 0 Å². The molecular formula is C20H19F3O4. The second-order valence-corrected chi connectivity index (χ2v) is 7.17. The highest BCUT2D eigenvalue weighted by molar-refractivity contribution is 6.10. The molecule has 0 radical (unpaired) electrons. The molecule has 0 saturated heterocycles. The van der Waals surface area contributed by atoms with Gasteiger partial charge in [0, 0.05) is 31.6 Å². The van der Waals surface area contributed by atoms with Crippen LogP contribution in [0.4, 0.5) is 13.2 Å². The molecule has 2 aliphatic carbocycles. The maximum Gasteiger partial charge on any atom is 0.416 e. The van der Waals surface area contributed by atoms with Crippen LogP contribution in [0.1, 0.15) is 55.6 Å². The molecule has 7 heteroatoms. The quantitative estimate of drug-likeness (QED) is 0.751. The lowest BCUT2D eigenvalue weighted by atomic mass is 9.65. The Morgan fingerprint density at radius 3 is 1.41 bits per heavy atom. The van der Waals surface area contributed by atoms with Crippen LogP contribution >= 0.6 is 0 Å². The van der Waals surface area contributed by atoms with Crippen molar-refractivity contribution in [2.24, 2.45) is 11.8 Å². The Hall–Kier alpha value is -2.31. The van der Waals surface area contributed by atoms with Crippen molar-refractivity contribution in [3.8, 4) is 0 Å². The van der Waals surface area contributed by atoms with Crippen molar-refractivity contribution in [3.63, 3.8) is 0 Å². The summed E-state index contributed by atoms with van der Waals surface area (Å²) in [6.07, 6.45) is -3.02. The van der Waals surface area contributed by atoms with E-state index in [0.717, 1.165) is 12.1 Å². The fourth-order valence-corrected chi connectivity index (χ4v) is 4.13. The fraction of sp³-hybridized carbons (Fsp3) is 0.500. The molecule has 144 valence electrons. The summed E-state index contributed by atoms with van der Waals surface area (Å²) >= 11 is 0. The van der Waals surface area contributed by atoms with Gasteiger partial charge in [0.15, 0.2) is 0 Å². The van der Waals surface area contributed by atoms with Gasteiger partial charge in [-0.25, -0.2) is 0 Å². The van der Waals surface area contributed by atoms with E-state index in [0.29, 0.717) is 12.8 Å². The van der Waals surface area contributed by atoms with E-state index in [4.69, 9.17) is 0 Å². The minimum atomic E-state index is -4.53. The van der Waals surface area contributed by atoms with Crippen LogP contribution in [0.3, 0.4) is 0 Å². The minimum Gasteiger partial charge on any atom is -0.299 e. The molecule has 0 bridgehead atoms. The lowest BCUT2D eigenvalue weighted by molar-refractivity contribution is -0.142. The second kappa shape index (κ2) is 7.37. The number of benzene rings is 1. The average molecular weight is 380 g/mol. The summed E-state index contributed by atoms with van der Waals surface area (Å²) in [7, 11) is 0. The Kier molecular flexibility index (Phi) is 5.31. The van der Waals surface area contributed by atoms with E-state index >= 15 is 0 Å². The zero-order chi connectivity index (χ0) is 19.8. The molecular weight excluding hydrogens is 361 g/mol. The number of ketones is 4. The largest absolute Gasteiger partial charge is 0.416 e. The van der Waals surface area contributed by atoms with Gasteiger partial charge in [-0.05, 0) is 30.5 Å². The molecule has 0 unspecified atom stereocenters. The van der Waals surface area contributed by atoms with Gasteiger partial charge in [-0.1, -0.05) is 12.1 Å². The van der Waals surface area contributed by atoms with Gasteiger partial charge in [0.2, 0.25) is 0 Å². The van der Waals surface area contributed by atoms with Gasteiger partial charge in [-0.3, -0.25) is 19.2 Å². The number of Topliss-reactive ketones (excluding diaryl/α,β-unsaturated/α-hetero) is 4. The lowest BCUT2D eigenvalue weighted by Crippen LogP contribution is -2.43. The minimum absolute atomic E-state index is 0.169. The van der Waals surface area contributed by atoms with Crippen LogP contribution in [-0.2, 0) is 25.4 Å². The Morgan fingerprint density at radius 1 is 0.704 bits per heavy atom. The van der Waals surface area contributed by atoms with Crippen LogP contribution in [0.15, 0.2) is 24.3 Å². The Morgan fingerprint density at radius 2 is 1.07 bits per heavy atom. The number of hydrogen-bond acceptors (Lipinski definition) is 4. The van der Waals surface area contributed by atoms with E-state index in [1.165, 1.54) is 12.1 Å². The van der Waals surface area contributed by atoms with Gasteiger partial charge < -0.3 is 0 Å². The van der Waals surface area contributed by atoms with E-state index in [9.17, 15) is 32.3 Å². The predicted molar refractivity (Wildman–Crippen MR) is 88.9 cm³/mol. The first-order valence-corrected chi connectivity index (χ1v) is 8.98. The summed E-state index contributed by atoms with van der Waals surface area (Å²) < 4.78 is 38.6. The Bertz CT molecular complexity index is 709. The van der Waals surface area contributed by atoms with E-state index in [2.05, 4.69) is 0 Å². The molecule has 0 N–H and O–H groups in total. The summed E-state index contributed by atoms with van der Waals surface area (Å²) in [5.41, 5.74) is -0.613. The van der Waals surface area contributed by atoms with Gasteiger partial charge in [0.1, 0.15) is 23.1 Å². The molecule has 1 aromatic rings. The van der Waals surface area contributed by atoms with Crippen molar-refractivity contribution < 1.29 is 32.3 Å². The van der Waals surface area contributed by atoms with Gasteiger partial charge >= 0.3 is 6.18 Å². The number of rotatable bonds is 3. The van der Waals surface area contributed by atoms with E-state index < -0.39 is 29.5 Å². The zero-order valence-electron chi connectivity index (χ0n) is 14.6. The van der Waals surface area contributed by atoms with Crippen LogP contribution in [0, 0.1) is 11.8 Å². The highest BCUT2D eigenvalue weighted by Crippen LogP contribution is 2.41. The molecule has 2 saturated carbocycles. The molecule has 0 atom stereocenters. The van der Waals surface area contributed by atoms with Crippen molar-refractivity contribution in [1.82, 2.24) is 0 Å². The van der Waals surface area contributed by atoms with Gasteiger partial charge in [-0.2, -0.15) is 13.2 Å². The highest BCUT2D eigenvalue weighted by Gasteiger charge is 2.47. The molecule has 2 aliphatic rings. The summed E-state index contributed by atoms with van der Waals surface area (Å²) in [5, 5.41) is 0. The van der Waals surface area contributed by atoms with Crippen LogP contribution in [0.25, 0.3) is 0 Å². The fourth-order valence-electron chi connectivity index (χ4n) is 4.13. The maximum atomic E-state index is 12.9. The highest BCUT2D eigenvalue weighted by atomic mass is 19.4. The number of carbonyl (C=O) groups excluding carboxylic acids is 4. The molecule has 3 rings (SSSR count). The first-order valence-electron chi connectivity index (χ1n) is 8.98. The smallest absolute Gasteiger partial charge is 0.299 e. The standard InChI is InChI=1S/C20H19F3O4/c21-20(22,23)12-9-7-11(8-10-12)17(18-13(24)3-1-4-14(18)25)19-15(26)5-2-6-16(19)27/h7-10,17-19H,1-6H2. The molecule has 0 aliphatic heterocycles. The first-order chi connectivity index (χ1) is 12.7. The van der Waals surface area contributed by atoms with E-state index in [-0.39, 0.29) is 54.4 Å². The molecule has 0 spiro atoms. The zero-order valence-corrected chi connectivity index (χ0v) is 14.6. The van der Waals surface area contributed by atoms with Crippen molar-refractivity contribution in [2.45, 2.75) is 50.6 Å². The third kappa shape index (κ3) is 3.87. The van der Waals surface area contributed by atoms with E-state index in [1.54, 1.807) is 0 Å². The summed E-state index contributed by atoms with van der Waals surface area (Å²) in [4.78, 5) is 49.9. The van der Waals surface area contributed by atoms with Crippen molar-refractivity contribution >= 4 is 23.1 Å². The number of carbonyl (C=O) groups is 4. The van der Waals surface area contributed by atoms with Crippen molar-refractivity contribution in [3.05, 3.63) is 35.4 Å². The van der Waals surface area contributed by atoms with Crippen molar-refractivity contribution in [2.75, 3.05) is 0 Å². The van der Waals surface area contributed by atoms with Gasteiger partial charge in [-0.15, -0.1) is 0 Å². The topological polar surface area (TPSA) is 68.3 Å². The third-order valence-corrected chi connectivity index (χ3v) is 5.42. The lowest BCUT2D eigenvalue weighted by Gasteiger charge is -2.34.